The van der Waals surface area contributed by atoms with Gasteiger partial charge in [0.05, 0.1) is 6.04 Å². The van der Waals surface area contributed by atoms with Crippen molar-refractivity contribution in [3.8, 4) is 11.5 Å². The molecule has 2 aromatic carbocycles. The Bertz CT molecular complexity index is 769. The molecule has 0 saturated carbocycles. The van der Waals surface area contributed by atoms with Crippen LogP contribution >= 0.6 is 0 Å². The first-order valence-electron chi connectivity index (χ1n) is 8.66. The Balaban J connectivity index is 1.72. The average molecular weight is 339 g/mol. The maximum atomic E-state index is 12.6. The Labute approximate surface area is 149 Å². The van der Waals surface area contributed by atoms with Gasteiger partial charge in [-0.3, -0.25) is 4.79 Å². The van der Waals surface area contributed by atoms with Crippen LogP contribution in [0.25, 0.3) is 0 Å². The molecule has 0 unspecified atom stereocenters. The van der Waals surface area contributed by atoms with E-state index >= 15 is 0 Å². The zero-order valence-electron chi connectivity index (χ0n) is 15.2. The van der Waals surface area contributed by atoms with Crippen molar-refractivity contribution in [2.75, 3.05) is 0 Å². The second-order valence-corrected chi connectivity index (χ2v) is 7.24. The predicted octanol–water partition coefficient (Wildman–Crippen LogP) is 4.18. The van der Waals surface area contributed by atoms with Gasteiger partial charge in [-0.25, -0.2) is 0 Å². The molecule has 1 heterocycles. The number of hydrogen-bond donors (Lipinski definition) is 1. The molecule has 0 aromatic heterocycles. The number of nitrogens with one attached hydrogen (secondary N) is 1. The minimum Gasteiger partial charge on any atom is -0.487 e. The van der Waals surface area contributed by atoms with Crippen LogP contribution in [0.5, 0.6) is 11.5 Å². The number of carbonyl (C=O) groups is 1. The maximum Gasteiger partial charge on any atom is 0.261 e. The molecule has 3 rings (SSSR count). The Kier molecular flexibility index (Phi) is 4.71. The minimum absolute atomic E-state index is 0.0870. The fourth-order valence-corrected chi connectivity index (χ4v) is 3.17. The third-order valence-corrected chi connectivity index (χ3v) is 4.36. The van der Waals surface area contributed by atoms with Crippen molar-refractivity contribution in [3.63, 3.8) is 0 Å². The molecule has 0 aliphatic carbocycles. The number of amides is 1. The van der Waals surface area contributed by atoms with E-state index in [0.29, 0.717) is 12.2 Å². The van der Waals surface area contributed by atoms with E-state index < -0.39 is 6.10 Å². The Morgan fingerprint density at radius 3 is 2.76 bits per heavy atom. The molecule has 4 nitrogen and oxygen atoms in total. The van der Waals surface area contributed by atoms with Gasteiger partial charge in [0, 0.05) is 12.0 Å². The van der Waals surface area contributed by atoms with Crippen LogP contribution in [-0.2, 0) is 4.79 Å². The van der Waals surface area contributed by atoms with Crippen LogP contribution in [0.2, 0.25) is 0 Å². The van der Waals surface area contributed by atoms with Gasteiger partial charge in [0.1, 0.15) is 17.1 Å². The summed E-state index contributed by atoms with van der Waals surface area (Å²) in [5.41, 5.74) is 1.79. The SMILES string of the molecule is Cc1cccc(O[C@@H](C)C(=O)N[C@@H]2CC(C)(C)Oc3ccccc32)c1. The van der Waals surface area contributed by atoms with Crippen molar-refractivity contribution in [1.82, 2.24) is 5.32 Å². The number of benzene rings is 2. The van der Waals surface area contributed by atoms with Crippen molar-refractivity contribution in [1.29, 1.82) is 0 Å². The van der Waals surface area contributed by atoms with Crippen molar-refractivity contribution >= 4 is 5.91 Å². The van der Waals surface area contributed by atoms with Gasteiger partial charge in [0.15, 0.2) is 6.10 Å². The zero-order valence-corrected chi connectivity index (χ0v) is 15.2. The highest BCUT2D eigenvalue weighted by Gasteiger charge is 2.35. The lowest BCUT2D eigenvalue weighted by atomic mass is 9.89. The molecule has 25 heavy (non-hydrogen) atoms. The van der Waals surface area contributed by atoms with Gasteiger partial charge in [-0.2, -0.15) is 0 Å². The highest BCUT2D eigenvalue weighted by atomic mass is 16.5. The first-order chi connectivity index (χ1) is 11.8. The number of aryl methyl sites for hydroxylation is 1. The Hall–Kier alpha value is -2.49. The lowest BCUT2D eigenvalue weighted by Crippen LogP contribution is -2.44. The van der Waals surface area contributed by atoms with Gasteiger partial charge in [-0.1, -0.05) is 30.3 Å². The van der Waals surface area contributed by atoms with Crippen molar-refractivity contribution < 1.29 is 14.3 Å². The molecular formula is C21H25NO3. The monoisotopic (exact) mass is 339 g/mol. The van der Waals surface area contributed by atoms with Gasteiger partial charge in [-0.15, -0.1) is 0 Å². The summed E-state index contributed by atoms with van der Waals surface area (Å²) in [5, 5.41) is 3.12. The van der Waals surface area contributed by atoms with Crippen molar-refractivity contribution in [2.24, 2.45) is 0 Å². The highest BCUT2D eigenvalue weighted by molar-refractivity contribution is 5.81. The fraction of sp³-hybridized carbons (Fsp3) is 0.381. The van der Waals surface area contributed by atoms with E-state index in [0.717, 1.165) is 16.9 Å². The van der Waals surface area contributed by atoms with E-state index in [1.807, 2.05) is 69.3 Å². The molecule has 2 aromatic rings. The van der Waals surface area contributed by atoms with E-state index in [1.54, 1.807) is 6.92 Å². The largest absolute Gasteiger partial charge is 0.487 e. The summed E-state index contributed by atoms with van der Waals surface area (Å²) in [7, 11) is 0. The van der Waals surface area contributed by atoms with E-state index in [9.17, 15) is 4.79 Å². The normalized spacial score (nSPS) is 19.3. The lowest BCUT2D eigenvalue weighted by Gasteiger charge is -2.38. The van der Waals surface area contributed by atoms with Crippen LogP contribution in [-0.4, -0.2) is 17.6 Å². The van der Waals surface area contributed by atoms with Crippen LogP contribution in [0.15, 0.2) is 48.5 Å². The number of rotatable bonds is 4. The van der Waals surface area contributed by atoms with Crippen LogP contribution in [0.3, 0.4) is 0 Å². The van der Waals surface area contributed by atoms with Crippen LogP contribution in [0, 0.1) is 6.92 Å². The van der Waals surface area contributed by atoms with E-state index in [4.69, 9.17) is 9.47 Å². The van der Waals surface area contributed by atoms with Gasteiger partial charge < -0.3 is 14.8 Å². The first kappa shape index (κ1) is 17.3. The van der Waals surface area contributed by atoms with Crippen LogP contribution in [0.1, 0.15) is 44.4 Å². The molecular weight excluding hydrogens is 314 g/mol. The molecule has 4 heteroatoms. The Morgan fingerprint density at radius 1 is 1.24 bits per heavy atom. The topological polar surface area (TPSA) is 47.6 Å². The van der Waals surface area contributed by atoms with E-state index in [-0.39, 0.29) is 17.6 Å². The second-order valence-electron chi connectivity index (χ2n) is 7.24. The summed E-state index contributed by atoms with van der Waals surface area (Å²) >= 11 is 0. The van der Waals surface area contributed by atoms with Gasteiger partial charge in [0.2, 0.25) is 0 Å². The number of ether oxygens (including phenoxy) is 2. The number of hydrogen-bond acceptors (Lipinski definition) is 3. The summed E-state index contributed by atoms with van der Waals surface area (Å²) < 4.78 is 11.8. The molecule has 1 amide bonds. The molecule has 132 valence electrons. The standard InChI is InChI=1S/C21H25NO3/c1-14-8-7-9-16(12-14)24-15(2)20(23)22-18-13-21(3,4)25-19-11-6-5-10-17(18)19/h5-12,15,18H,13H2,1-4H3,(H,22,23)/t15-,18+/m0/s1. The third-order valence-electron chi connectivity index (χ3n) is 4.36. The summed E-state index contributed by atoms with van der Waals surface area (Å²) in [6.07, 6.45) is 0.146. The predicted molar refractivity (Wildman–Crippen MR) is 97.9 cm³/mol. The molecule has 1 N–H and O–H groups in total. The number of carbonyl (C=O) groups excluding carboxylic acids is 1. The zero-order chi connectivity index (χ0) is 18.0. The van der Waals surface area contributed by atoms with Gasteiger partial charge >= 0.3 is 0 Å². The molecule has 0 saturated heterocycles. The van der Waals surface area contributed by atoms with Crippen molar-refractivity contribution in [3.05, 3.63) is 59.7 Å². The number of fused-ring (bicyclic) bond motifs is 1. The lowest BCUT2D eigenvalue weighted by molar-refractivity contribution is -0.128. The summed E-state index contributed by atoms with van der Waals surface area (Å²) in [5.74, 6) is 1.41. The quantitative estimate of drug-likeness (QED) is 0.909. The fourth-order valence-electron chi connectivity index (χ4n) is 3.17. The smallest absolute Gasteiger partial charge is 0.261 e. The summed E-state index contributed by atoms with van der Waals surface area (Å²) in [6, 6.07) is 15.5. The van der Waals surface area contributed by atoms with Crippen LogP contribution < -0.4 is 14.8 Å². The van der Waals surface area contributed by atoms with Gasteiger partial charge in [0.25, 0.3) is 5.91 Å². The molecule has 0 fully saturated rings. The number of para-hydroxylation sites is 1. The van der Waals surface area contributed by atoms with E-state index in [1.165, 1.54) is 0 Å². The maximum absolute atomic E-state index is 12.6. The highest BCUT2D eigenvalue weighted by Crippen LogP contribution is 2.39. The van der Waals surface area contributed by atoms with Gasteiger partial charge in [-0.05, 0) is 51.5 Å². The molecule has 0 bridgehead atoms. The average Bonchev–Trinajstić information content (AvgIpc) is 2.53. The first-order valence-corrected chi connectivity index (χ1v) is 8.66. The summed E-state index contributed by atoms with van der Waals surface area (Å²) in [6.45, 7) is 7.84. The van der Waals surface area contributed by atoms with Crippen molar-refractivity contribution in [2.45, 2.75) is 51.9 Å². The second kappa shape index (κ2) is 6.79. The van der Waals surface area contributed by atoms with E-state index in [2.05, 4.69) is 5.32 Å². The third kappa shape index (κ3) is 4.13. The minimum atomic E-state index is -0.570. The molecule has 1 aliphatic rings. The molecule has 1 aliphatic heterocycles. The Morgan fingerprint density at radius 2 is 2.00 bits per heavy atom. The van der Waals surface area contributed by atoms with Crippen LogP contribution in [0.4, 0.5) is 0 Å². The molecule has 2 atom stereocenters. The molecule has 0 radical (unpaired) electrons. The molecule has 0 spiro atoms. The summed E-state index contributed by atoms with van der Waals surface area (Å²) in [4.78, 5) is 12.6.